The number of imide groups is 1. The molecule has 4 N–H and O–H groups in total. The summed E-state index contributed by atoms with van der Waals surface area (Å²) in [7, 11) is 0. The number of rotatable bonds is 8. The van der Waals surface area contributed by atoms with Crippen molar-refractivity contribution in [3.63, 3.8) is 0 Å². The molecule has 1 unspecified atom stereocenters. The number of hydrogen-bond acceptors (Lipinski definition) is 7. The highest BCUT2D eigenvalue weighted by Gasteiger charge is 2.39. The fourth-order valence-electron chi connectivity index (χ4n) is 7.28. The van der Waals surface area contributed by atoms with Crippen LogP contribution in [0.3, 0.4) is 0 Å². The summed E-state index contributed by atoms with van der Waals surface area (Å²) in [6, 6.07) is 27.4. The third-order valence-corrected chi connectivity index (χ3v) is 9.73. The molecule has 9 heteroatoms. The second-order valence-corrected chi connectivity index (χ2v) is 13.5. The molecule has 3 aromatic carbocycles. The zero-order valence-electron chi connectivity index (χ0n) is 27.3. The normalized spacial score (nSPS) is 23.6. The summed E-state index contributed by atoms with van der Waals surface area (Å²) >= 11 is 0. The smallest absolute Gasteiger partial charge is 0.255 e. The summed E-state index contributed by atoms with van der Waals surface area (Å²) in [5.41, 5.74) is 11.4. The van der Waals surface area contributed by atoms with Crippen molar-refractivity contribution in [2.75, 3.05) is 26.2 Å². The van der Waals surface area contributed by atoms with Gasteiger partial charge in [-0.2, -0.15) is 0 Å². The third kappa shape index (κ3) is 8.93. The lowest BCUT2D eigenvalue weighted by Gasteiger charge is -2.33. The van der Waals surface area contributed by atoms with Gasteiger partial charge in [-0.3, -0.25) is 29.5 Å². The van der Waals surface area contributed by atoms with E-state index in [0.29, 0.717) is 30.6 Å². The van der Waals surface area contributed by atoms with Gasteiger partial charge >= 0.3 is 0 Å². The van der Waals surface area contributed by atoms with Gasteiger partial charge < -0.3 is 16.0 Å². The Morgan fingerprint density at radius 3 is 2.09 bits per heavy atom. The number of carbonyl (C=O) groups excluding carboxylic acids is 3. The van der Waals surface area contributed by atoms with Crippen LogP contribution in [0.15, 0.2) is 78.9 Å². The third-order valence-electron chi connectivity index (χ3n) is 9.73. The average Bonchev–Trinajstić information content (AvgIpc) is 3.40. The van der Waals surface area contributed by atoms with E-state index in [9.17, 15) is 14.4 Å². The second-order valence-electron chi connectivity index (χ2n) is 13.5. The van der Waals surface area contributed by atoms with Crippen molar-refractivity contribution in [3.05, 3.63) is 107 Å². The fraction of sp³-hybridized carbons (Fsp3) is 0.447. The standard InChI is InChI=1S/C26H30N4O3.C12H18N2/c31-24-11-10-23(25(32)28-24)30-16-20-13-19(8-9-22(20)26(30)33)14-27-21-7-4-12-29(17-21)15-18-5-2-1-3-6-18;13-12-7-4-8-14(10-12)9-11-5-2-1-3-6-11/h1-3,5-6,8-9,13,21,23,27H,4,7,10-12,14-17H2,(H,28,31,32);1-3,5-6,12H,4,7-10,13H2/t21-,23?;12-/m11/s1. The van der Waals surface area contributed by atoms with Crippen molar-refractivity contribution in [2.24, 2.45) is 5.73 Å². The van der Waals surface area contributed by atoms with E-state index in [-0.39, 0.29) is 24.1 Å². The van der Waals surface area contributed by atoms with Gasteiger partial charge in [-0.05, 0) is 73.5 Å². The van der Waals surface area contributed by atoms with Crippen LogP contribution in [0.2, 0.25) is 0 Å². The van der Waals surface area contributed by atoms with E-state index in [1.54, 1.807) is 4.90 Å². The first-order valence-electron chi connectivity index (χ1n) is 17.2. The number of hydrogen-bond donors (Lipinski definition) is 3. The predicted molar refractivity (Wildman–Crippen MR) is 183 cm³/mol. The van der Waals surface area contributed by atoms with Crippen molar-refractivity contribution >= 4 is 17.7 Å². The van der Waals surface area contributed by atoms with E-state index in [2.05, 4.69) is 87.2 Å². The van der Waals surface area contributed by atoms with Gasteiger partial charge in [0, 0.05) is 63.3 Å². The second kappa shape index (κ2) is 15.8. The molecule has 3 atom stereocenters. The zero-order chi connectivity index (χ0) is 32.6. The van der Waals surface area contributed by atoms with Crippen LogP contribution in [0.25, 0.3) is 0 Å². The molecule has 0 radical (unpaired) electrons. The molecule has 7 rings (SSSR count). The lowest BCUT2D eigenvalue weighted by molar-refractivity contribution is -0.136. The highest BCUT2D eigenvalue weighted by Crippen LogP contribution is 2.28. The summed E-state index contributed by atoms with van der Waals surface area (Å²) in [5, 5.41) is 6.06. The number of amides is 3. The average molecular weight is 637 g/mol. The minimum Gasteiger partial charge on any atom is -0.327 e. The lowest BCUT2D eigenvalue weighted by atomic mass is 10.0. The maximum Gasteiger partial charge on any atom is 0.255 e. The topological polar surface area (TPSA) is 111 Å². The molecule has 4 aliphatic rings. The predicted octanol–water partition coefficient (Wildman–Crippen LogP) is 3.81. The molecule has 4 heterocycles. The summed E-state index contributed by atoms with van der Waals surface area (Å²) in [6.45, 7) is 7.61. The van der Waals surface area contributed by atoms with E-state index >= 15 is 0 Å². The minimum atomic E-state index is -0.568. The molecule has 0 aromatic heterocycles. The molecule has 3 aromatic rings. The van der Waals surface area contributed by atoms with Gasteiger partial charge in [-0.1, -0.05) is 72.8 Å². The minimum absolute atomic E-state index is 0.122. The molecule has 47 heavy (non-hydrogen) atoms. The number of carbonyl (C=O) groups is 3. The number of nitrogens with two attached hydrogens (primary N) is 1. The Morgan fingerprint density at radius 2 is 1.43 bits per heavy atom. The molecule has 248 valence electrons. The molecule has 3 amide bonds. The van der Waals surface area contributed by atoms with Crippen LogP contribution in [-0.4, -0.2) is 76.7 Å². The summed E-state index contributed by atoms with van der Waals surface area (Å²) in [5.74, 6) is -0.756. The van der Waals surface area contributed by atoms with Crippen LogP contribution in [0.4, 0.5) is 0 Å². The quantitative estimate of drug-likeness (QED) is 0.323. The van der Waals surface area contributed by atoms with Crippen molar-refractivity contribution in [3.8, 4) is 0 Å². The molecular formula is C38H48N6O3. The molecule has 0 spiro atoms. The molecule has 0 bridgehead atoms. The Morgan fingerprint density at radius 1 is 0.766 bits per heavy atom. The first-order chi connectivity index (χ1) is 22.9. The molecule has 0 saturated carbocycles. The monoisotopic (exact) mass is 636 g/mol. The van der Waals surface area contributed by atoms with E-state index in [1.165, 1.54) is 36.9 Å². The number of nitrogens with zero attached hydrogens (tertiary/aromatic N) is 3. The maximum absolute atomic E-state index is 12.9. The molecule has 4 aliphatic heterocycles. The Bertz CT molecular complexity index is 1520. The van der Waals surface area contributed by atoms with Crippen LogP contribution < -0.4 is 16.4 Å². The van der Waals surface area contributed by atoms with Crippen molar-refractivity contribution in [1.29, 1.82) is 0 Å². The Kier molecular flexibility index (Phi) is 11.1. The maximum atomic E-state index is 12.9. The summed E-state index contributed by atoms with van der Waals surface area (Å²) < 4.78 is 0. The van der Waals surface area contributed by atoms with Crippen molar-refractivity contribution < 1.29 is 14.4 Å². The number of benzene rings is 3. The van der Waals surface area contributed by atoms with Gasteiger partial charge in [-0.15, -0.1) is 0 Å². The number of nitrogens with one attached hydrogen (secondary N) is 2. The van der Waals surface area contributed by atoms with Gasteiger partial charge in [-0.25, -0.2) is 0 Å². The van der Waals surface area contributed by atoms with E-state index in [1.807, 2.05) is 12.1 Å². The zero-order valence-corrected chi connectivity index (χ0v) is 27.3. The highest BCUT2D eigenvalue weighted by molar-refractivity contribution is 6.05. The van der Waals surface area contributed by atoms with Gasteiger partial charge in [0.1, 0.15) is 6.04 Å². The van der Waals surface area contributed by atoms with Gasteiger partial charge in [0.15, 0.2) is 0 Å². The summed E-state index contributed by atoms with van der Waals surface area (Å²) in [6.07, 6.45) is 5.44. The van der Waals surface area contributed by atoms with Gasteiger partial charge in [0.2, 0.25) is 11.8 Å². The van der Waals surface area contributed by atoms with Crippen LogP contribution in [0, 0.1) is 0 Å². The van der Waals surface area contributed by atoms with Gasteiger partial charge in [0.25, 0.3) is 5.91 Å². The molecule has 3 fully saturated rings. The van der Waals surface area contributed by atoms with Crippen molar-refractivity contribution in [2.45, 2.75) is 82.8 Å². The SMILES string of the molecule is N[C@@H]1CCCN(Cc2ccccc2)C1.O=C1CCC(N2Cc3cc(CN[C@@H]4CCCN(Cc5ccccc5)C4)ccc3C2=O)C(=O)N1. The fourth-order valence-corrected chi connectivity index (χ4v) is 7.28. The van der Waals surface area contributed by atoms with E-state index in [4.69, 9.17) is 5.73 Å². The highest BCUT2D eigenvalue weighted by atomic mass is 16.2. The first kappa shape index (κ1) is 33.0. The van der Waals surface area contributed by atoms with E-state index < -0.39 is 6.04 Å². The Balaban J connectivity index is 0.000000230. The Labute approximate surface area is 278 Å². The number of fused-ring (bicyclic) bond motifs is 1. The van der Waals surface area contributed by atoms with Crippen LogP contribution in [0.5, 0.6) is 0 Å². The number of piperidine rings is 3. The van der Waals surface area contributed by atoms with Crippen molar-refractivity contribution in [1.82, 2.24) is 25.3 Å². The van der Waals surface area contributed by atoms with Crippen LogP contribution >= 0.6 is 0 Å². The summed E-state index contributed by atoms with van der Waals surface area (Å²) in [4.78, 5) is 43.1. The molecular weight excluding hydrogens is 588 g/mol. The molecule has 9 nitrogen and oxygen atoms in total. The number of likely N-dealkylation sites (tertiary alicyclic amines) is 2. The Hall–Kier alpha value is -3.89. The first-order valence-corrected chi connectivity index (χ1v) is 17.2. The van der Waals surface area contributed by atoms with Gasteiger partial charge in [0.05, 0.1) is 0 Å². The molecule has 3 saturated heterocycles. The largest absolute Gasteiger partial charge is 0.327 e. The van der Waals surface area contributed by atoms with E-state index in [0.717, 1.165) is 56.8 Å². The lowest BCUT2D eigenvalue weighted by Crippen LogP contribution is -2.52. The molecule has 0 aliphatic carbocycles. The van der Waals surface area contributed by atoms with Crippen LogP contribution in [-0.2, 0) is 35.8 Å². The van der Waals surface area contributed by atoms with Crippen LogP contribution in [0.1, 0.15) is 71.1 Å².